The molecule has 0 fully saturated rings. The summed E-state index contributed by atoms with van der Waals surface area (Å²) in [5.41, 5.74) is 7.96. The van der Waals surface area contributed by atoms with Gasteiger partial charge in [0.15, 0.2) is 5.78 Å². The SMILES string of the molecule is Cc1ccc(C(=O)c2ccc(O)c(N)c2)cc1. The van der Waals surface area contributed by atoms with Gasteiger partial charge in [0.2, 0.25) is 0 Å². The summed E-state index contributed by atoms with van der Waals surface area (Å²) in [5, 5.41) is 9.30. The molecule has 0 heterocycles. The largest absolute Gasteiger partial charge is 0.506 e. The van der Waals surface area contributed by atoms with E-state index in [1.54, 1.807) is 18.2 Å². The first-order valence-electron chi connectivity index (χ1n) is 5.28. The zero-order chi connectivity index (χ0) is 12.4. The minimum atomic E-state index is -0.100. The third kappa shape index (κ3) is 2.28. The maximum atomic E-state index is 12.1. The smallest absolute Gasteiger partial charge is 0.193 e. The molecule has 0 spiro atoms. The highest BCUT2D eigenvalue weighted by atomic mass is 16.3. The zero-order valence-electron chi connectivity index (χ0n) is 9.47. The van der Waals surface area contributed by atoms with Crippen molar-refractivity contribution in [3.63, 3.8) is 0 Å². The summed E-state index contributed by atoms with van der Waals surface area (Å²) in [6.45, 7) is 1.97. The molecule has 3 N–H and O–H groups in total. The summed E-state index contributed by atoms with van der Waals surface area (Å²) in [4.78, 5) is 12.1. The highest BCUT2D eigenvalue weighted by Gasteiger charge is 2.10. The van der Waals surface area contributed by atoms with Gasteiger partial charge in [-0.15, -0.1) is 0 Å². The summed E-state index contributed by atoms with van der Waals surface area (Å²) >= 11 is 0. The van der Waals surface area contributed by atoms with Crippen LogP contribution in [0.25, 0.3) is 0 Å². The highest BCUT2D eigenvalue weighted by molar-refractivity contribution is 6.09. The number of rotatable bonds is 2. The maximum absolute atomic E-state index is 12.1. The molecule has 3 heteroatoms. The lowest BCUT2D eigenvalue weighted by Gasteiger charge is -2.04. The molecule has 0 aliphatic heterocycles. The second kappa shape index (κ2) is 4.29. The van der Waals surface area contributed by atoms with Crippen LogP contribution in [0.15, 0.2) is 42.5 Å². The molecule has 0 unspecified atom stereocenters. The van der Waals surface area contributed by atoms with Crippen molar-refractivity contribution in [2.75, 3.05) is 5.73 Å². The van der Waals surface area contributed by atoms with Gasteiger partial charge in [-0.3, -0.25) is 4.79 Å². The predicted molar refractivity (Wildman–Crippen MR) is 67.1 cm³/mol. The number of anilines is 1. The van der Waals surface area contributed by atoms with Crippen molar-refractivity contribution in [2.24, 2.45) is 0 Å². The van der Waals surface area contributed by atoms with E-state index in [1.807, 2.05) is 19.1 Å². The second-order valence-corrected chi connectivity index (χ2v) is 3.97. The fourth-order valence-corrected chi connectivity index (χ4v) is 1.57. The molecule has 3 nitrogen and oxygen atoms in total. The van der Waals surface area contributed by atoms with E-state index in [9.17, 15) is 9.90 Å². The number of aryl methyl sites for hydroxylation is 1. The van der Waals surface area contributed by atoms with Gasteiger partial charge in [0.25, 0.3) is 0 Å². The van der Waals surface area contributed by atoms with E-state index in [4.69, 9.17) is 5.73 Å². The van der Waals surface area contributed by atoms with Crippen LogP contribution in [-0.2, 0) is 0 Å². The minimum absolute atomic E-state index is 0.00884. The first kappa shape index (κ1) is 11.2. The van der Waals surface area contributed by atoms with Gasteiger partial charge >= 0.3 is 0 Å². The lowest BCUT2D eigenvalue weighted by Crippen LogP contribution is -2.02. The quantitative estimate of drug-likeness (QED) is 0.470. The Bertz CT molecular complexity index is 559. The average Bonchev–Trinajstić information content (AvgIpc) is 2.33. The predicted octanol–water partition coefficient (Wildman–Crippen LogP) is 2.51. The summed E-state index contributed by atoms with van der Waals surface area (Å²) < 4.78 is 0. The molecule has 0 aliphatic rings. The van der Waals surface area contributed by atoms with Crippen molar-refractivity contribution >= 4 is 11.5 Å². The van der Waals surface area contributed by atoms with E-state index >= 15 is 0 Å². The standard InChI is InChI=1S/C14H13NO2/c1-9-2-4-10(5-3-9)14(17)11-6-7-13(16)12(15)8-11/h2-8,16H,15H2,1H3. The molecule has 0 bridgehead atoms. The molecule has 0 amide bonds. The van der Waals surface area contributed by atoms with Crippen LogP contribution in [0.1, 0.15) is 21.5 Å². The van der Waals surface area contributed by atoms with Gasteiger partial charge in [0.05, 0.1) is 5.69 Å². The molecular weight excluding hydrogens is 214 g/mol. The zero-order valence-corrected chi connectivity index (χ0v) is 9.47. The molecule has 0 atom stereocenters. The van der Waals surface area contributed by atoms with Crippen LogP contribution in [0, 0.1) is 6.92 Å². The van der Waals surface area contributed by atoms with Crippen LogP contribution in [0.3, 0.4) is 0 Å². The molecule has 0 saturated carbocycles. The molecule has 0 aromatic heterocycles. The van der Waals surface area contributed by atoms with Crippen LogP contribution < -0.4 is 5.73 Å². The number of phenols is 1. The summed E-state index contributed by atoms with van der Waals surface area (Å²) in [5.74, 6) is -0.109. The van der Waals surface area contributed by atoms with Crippen molar-refractivity contribution in [3.05, 3.63) is 59.2 Å². The van der Waals surface area contributed by atoms with Crippen molar-refractivity contribution in [1.29, 1.82) is 0 Å². The number of carbonyl (C=O) groups is 1. The lowest BCUT2D eigenvalue weighted by atomic mass is 10.0. The number of ketones is 1. The van der Waals surface area contributed by atoms with Gasteiger partial charge in [-0.05, 0) is 25.1 Å². The van der Waals surface area contributed by atoms with Crippen LogP contribution >= 0.6 is 0 Å². The van der Waals surface area contributed by atoms with Crippen LogP contribution in [0.2, 0.25) is 0 Å². The number of phenolic OH excluding ortho intramolecular Hbond substituents is 1. The topological polar surface area (TPSA) is 63.3 Å². The van der Waals surface area contributed by atoms with Gasteiger partial charge in [-0.1, -0.05) is 29.8 Å². The highest BCUT2D eigenvalue weighted by Crippen LogP contribution is 2.22. The van der Waals surface area contributed by atoms with E-state index < -0.39 is 0 Å². The Kier molecular flexibility index (Phi) is 2.83. The molecule has 0 aliphatic carbocycles. The number of carbonyl (C=O) groups excluding carboxylic acids is 1. The molecule has 0 radical (unpaired) electrons. The van der Waals surface area contributed by atoms with Crippen molar-refractivity contribution < 1.29 is 9.90 Å². The van der Waals surface area contributed by atoms with Crippen molar-refractivity contribution in [3.8, 4) is 5.75 Å². The Balaban J connectivity index is 2.37. The van der Waals surface area contributed by atoms with Crippen LogP contribution in [0.5, 0.6) is 5.75 Å². The molecule has 2 aromatic carbocycles. The van der Waals surface area contributed by atoms with Gasteiger partial charge < -0.3 is 10.8 Å². The first-order valence-corrected chi connectivity index (χ1v) is 5.28. The molecule has 2 rings (SSSR count). The van der Waals surface area contributed by atoms with Crippen molar-refractivity contribution in [1.82, 2.24) is 0 Å². The summed E-state index contributed by atoms with van der Waals surface area (Å²) in [6.07, 6.45) is 0. The summed E-state index contributed by atoms with van der Waals surface area (Å²) in [7, 11) is 0. The number of aromatic hydroxyl groups is 1. The minimum Gasteiger partial charge on any atom is -0.506 e. The van der Waals surface area contributed by atoms with Crippen LogP contribution in [-0.4, -0.2) is 10.9 Å². The van der Waals surface area contributed by atoms with Crippen LogP contribution in [0.4, 0.5) is 5.69 Å². The number of hydrogen-bond donors (Lipinski definition) is 2. The molecular formula is C14H13NO2. The van der Waals surface area contributed by atoms with Gasteiger partial charge in [-0.25, -0.2) is 0 Å². The monoisotopic (exact) mass is 227 g/mol. The Hall–Kier alpha value is -2.29. The number of hydrogen-bond acceptors (Lipinski definition) is 3. The first-order chi connectivity index (χ1) is 8.08. The number of nitrogens with two attached hydrogens (primary N) is 1. The fraction of sp³-hybridized carbons (Fsp3) is 0.0714. The van der Waals surface area contributed by atoms with E-state index in [-0.39, 0.29) is 17.2 Å². The number of nitrogen functional groups attached to an aromatic ring is 1. The lowest BCUT2D eigenvalue weighted by molar-refractivity contribution is 0.103. The van der Waals surface area contributed by atoms with Gasteiger partial charge in [0, 0.05) is 11.1 Å². The maximum Gasteiger partial charge on any atom is 0.193 e. The average molecular weight is 227 g/mol. The Morgan fingerprint density at radius 1 is 1.06 bits per heavy atom. The molecule has 0 saturated heterocycles. The van der Waals surface area contributed by atoms with Crippen molar-refractivity contribution in [2.45, 2.75) is 6.92 Å². The molecule has 86 valence electrons. The molecule has 2 aromatic rings. The Morgan fingerprint density at radius 2 is 1.65 bits per heavy atom. The van der Waals surface area contributed by atoms with Gasteiger partial charge in [-0.2, -0.15) is 0 Å². The van der Waals surface area contributed by atoms with Gasteiger partial charge in [0.1, 0.15) is 5.75 Å². The van der Waals surface area contributed by atoms with E-state index in [2.05, 4.69) is 0 Å². The number of benzene rings is 2. The third-order valence-corrected chi connectivity index (χ3v) is 2.60. The molecule has 17 heavy (non-hydrogen) atoms. The normalized spacial score (nSPS) is 10.2. The van der Waals surface area contributed by atoms with E-state index in [1.165, 1.54) is 12.1 Å². The third-order valence-electron chi connectivity index (χ3n) is 2.60. The summed E-state index contributed by atoms with van der Waals surface area (Å²) in [6, 6.07) is 11.8. The van der Waals surface area contributed by atoms with E-state index in [0.29, 0.717) is 11.1 Å². The Labute approximate surface area is 99.5 Å². The Morgan fingerprint density at radius 3 is 2.24 bits per heavy atom. The van der Waals surface area contributed by atoms with E-state index in [0.717, 1.165) is 5.56 Å². The second-order valence-electron chi connectivity index (χ2n) is 3.97. The fourth-order valence-electron chi connectivity index (χ4n) is 1.57.